The Morgan fingerprint density at radius 1 is 0.708 bits per heavy atom. The largest absolute Gasteiger partial charge is 0.393 e. The van der Waals surface area contributed by atoms with Crippen LogP contribution in [0.5, 0.6) is 0 Å². The Morgan fingerprint density at radius 3 is 1.50 bits per heavy atom. The summed E-state index contributed by atoms with van der Waals surface area (Å²) in [4.78, 5) is 0. The van der Waals surface area contributed by atoms with Gasteiger partial charge in [0.05, 0.1) is 6.10 Å². The highest BCUT2D eigenvalue weighted by Gasteiger charge is 2.13. The third kappa shape index (κ3) is 12.3. The van der Waals surface area contributed by atoms with Crippen LogP contribution in [-0.4, -0.2) is 17.8 Å². The summed E-state index contributed by atoms with van der Waals surface area (Å²) in [6.07, 6.45) is 13.2. The van der Waals surface area contributed by atoms with E-state index >= 15 is 0 Å². The number of aliphatic hydroxyl groups is 1. The Morgan fingerprint density at radius 2 is 1.12 bits per heavy atom. The van der Waals surface area contributed by atoms with Gasteiger partial charge in [0.1, 0.15) is 0 Å². The molecule has 0 fully saturated rings. The minimum absolute atomic E-state index is 0.0889. The van der Waals surface area contributed by atoms with Gasteiger partial charge in [0.25, 0.3) is 0 Å². The van der Waals surface area contributed by atoms with Gasteiger partial charge in [0.2, 0.25) is 0 Å². The van der Waals surface area contributed by atoms with Crippen molar-refractivity contribution in [3.63, 3.8) is 0 Å². The van der Waals surface area contributed by atoms with Gasteiger partial charge in [-0.1, -0.05) is 79.6 Å². The predicted molar refractivity (Wildman–Crippen MR) is 108 cm³/mol. The Kier molecular flexibility index (Phi) is 15.1. The highest BCUT2D eigenvalue weighted by Crippen LogP contribution is 2.24. The van der Waals surface area contributed by atoms with Crippen molar-refractivity contribution in [1.29, 1.82) is 0 Å². The van der Waals surface area contributed by atoms with Crippen LogP contribution < -0.4 is 5.73 Å². The van der Waals surface area contributed by atoms with Crippen LogP contribution in [0.2, 0.25) is 0 Å². The molecule has 2 nitrogen and oxygen atoms in total. The van der Waals surface area contributed by atoms with Crippen molar-refractivity contribution in [2.24, 2.45) is 29.4 Å². The second-order valence-electron chi connectivity index (χ2n) is 8.39. The van der Waals surface area contributed by atoms with E-state index in [2.05, 4.69) is 34.6 Å². The summed E-state index contributed by atoms with van der Waals surface area (Å²) >= 11 is 0. The lowest BCUT2D eigenvalue weighted by atomic mass is 9.88. The van der Waals surface area contributed by atoms with E-state index in [0.29, 0.717) is 5.92 Å². The number of hydrogen-bond donors (Lipinski definition) is 2. The monoisotopic (exact) mass is 341 g/mol. The summed E-state index contributed by atoms with van der Waals surface area (Å²) in [6.45, 7) is 12.4. The van der Waals surface area contributed by atoms with Crippen molar-refractivity contribution in [2.45, 2.75) is 111 Å². The maximum Gasteiger partial charge on any atom is 0.0540 e. The summed E-state index contributed by atoms with van der Waals surface area (Å²) in [7, 11) is 0. The molecule has 0 saturated heterocycles. The molecular formula is C22H47NO. The normalized spacial score (nSPS) is 17.0. The fraction of sp³-hybridized carbons (Fsp3) is 1.00. The highest BCUT2D eigenvalue weighted by atomic mass is 16.3. The van der Waals surface area contributed by atoms with E-state index in [1.54, 1.807) is 0 Å². The van der Waals surface area contributed by atoms with Crippen molar-refractivity contribution in [3.8, 4) is 0 Å². The lowest BCUT2D eigenvalue weighted by Gasteiger charge is -2.20. The quantitative estimate of drug-likeness (QED) is 0.353. The van der Waals surface area contributed by atoms with Crippen molar-refractivity contribution in [3.05, 3.63) is 0 Å². The topological polar surface area (TPSA) is 46.2 Å². The third-order valence-corrected chi connectivity index (χ3v) is 6.01. The molecule has 0 heterocycles. The molecule has 0 radical (unpaired) electrons. The highest BCUT2D eigenvalue weighted by molar-refractivity contribution is 4.66. The van der Waals surface area contributed by atoms with Crippen LogP contribution in [0.4, 0.5) is 0 Å². The van der Waals surface area contributed by atoms with E-state index < -0.39 is 0 Å². The van der Waals surface area contributed by atoms with Gasteiger partial charge in [0.15, 0.2) is 0 Å². The molecule has 0 aliphatic carbocycles. The van der Waals surface area contributed by atoms with Crippen molar-refractivity contribution >= 4 is 0 Å². The third-order valence-electron chi connectivity index (χ3n) is 6.01. The Labute approximate surface area is 153 Å². The van der Waals surface area contributed by atoms with E-state index in [-0.39, 0.29) is 6.10 Å². The first kappa shape index (κ1) is 23.9. The molecule has 4 atom stereocenters. The van der Waals surface area contributed by atoms with Gasteiger partial charge < -0.3 is 10.8 Å². The first-order chi connectivity index (χ1) is 11.5. The van der Waals surface area contributed by atoms with Gasteiger partial charge in [-0.2, -0.15) is 0 Å². The van der Waals surface area contributed by atoms with E-state index in [1.807, 2.05) is 0 Å². The fourth-order valence-electron chi connectivity index (χ4n) is 3.97. The number of nitrogens with two attached hydrogens (primary N) is 1. The number of rotatable bonds is 16. The first-order valence-corrected chi connectivity index (χ1v) is 10.8. The van der Waals surface area contributed by atoms with Gasteiger partial charge in [-0.05, 0) is 55.9 Å². The Hall–Kier alpha value is -0.0800. The van der Waals surface area contributed by atoms with Gasteiger partial charge in [0, 0.05) is 0 Å². The standard InChI is InChI=1S/C22H47NO/c1-6-20(7-2)15-18(4)11-9-13-22(24)14-10-12-19(5)16-21(8-3)17-23/h18-22,24H,6-17,23H2,1-5H3. The zero-order chi connectivity index (χ0) is 18.4. The molecule has 0 aliphatic heterocycles. The second-order valence-corrected chi connectivity index (χ2v) is 8.39. The molecular weight excluding hydrogens is 294 g/mol. The lowest BCUT2D eigenvalue weighted by molar-refractivity contribution is 0.142. The SMILES string of the molecule is CCC(CC)CC(C)CCCC(O)CCCC(C)CC(CC)CN. The van der Waals surface area contributed by atoms with E-state index in [0.717, 1.165) is 43.6 Å². The average molecular weight is 342 g/mol. The molecule has 3 N–H and O–H groups in total. The summed E-state index contributed by atoms with van der Waals surface area (Å²) in [5.74, 6) is 3.13. The van der Waals surface area contributed by atoms with Crippen LogP contribution in [0.15, 0.2) is 0 Å². The molecule has 0 amide bonds. The van der Waals surface area contributed by atoms with Crippen molar-refractivity contribution in [2.75, 3.05) is 6.54 Å². The minimum atomic E-state index is -0.0889. The molecule has 0 aromatic rings. The van der Waals surface area contributed by atoms with Gasteiger partial charge >= 0.3 is 0 Å². The first-order valence-electron chi connectivity index (χ1n) is 10.8. The van der Waals surface area contributed by atoms with E-state index in [1.165, 1.54) is 51.4 Å². The van der Waals surface area contributed by atoms with Crippen LogP contribution >= 0.6 is 0 Å². The predicted octanol–water partition coefficient (Wildman–Crippen LogP) is 6.16. The molecule has 146 valence electrons. The summed E-state index contributed by atoms with van der Waals surface area (Å²) in [5.41, 5.74) is 5.80. The van der Waals surface area contributed by atoms with Crippen LogP contribution in [-0.2, 0) is 0 Å². The van der Waals surface area contributed by atoms with Crippen LogP contribution in [0.3, 0.4) is 0 Å². The van der Waals surface area contributed by atoms with Crippen LogP contribution in [0.1, 0.15) is 105 Å². The average Bonchev–Trinajstić information content (AvgIpc) is 2.57. The number of hydrogen-bond acceptors (Lipinski definition) is 2. The smallest absolute Gasteiger partial charge is 0.0540 e. The Balaban J connectivity index is 3.70. The maximum absolute atomic E-state index is 10.2. The van der Waals surface area contributed by atoms with E-state index in [4.69, 9.17) is 5.73 Å². The van der Waals surface area contributed by atoms with Gasteiger partial charge in [-0.25, -0.2) is 0 Å². The molecule has 0 bridgehead atoms. The molecule has 0 saturated carbocycles. The molecule has 2 heteroatoms. The van der Waals surface area contributed by atoms with Gasteiger partial charge in [-0.15, -0.1) is 0 Å². The lowest BCUT2D eigenvalue weighted by Crippen LogP contribution is -2.16. The van der Waals surface area contributed by atoms with Gasteiger partial charge in [-0.3, -0.25) is 0 Å². The van der Waals surface area contributed by atoms with Crippen LogP contribution in [0, 0.1) is 23.7 Å². The summed E-state index contributed by atoms with van der Waals surface area (Å²) < 4.78 is 0. The maximum atomic E-state index is 10.2. The molecule has 0 spiro atoms. The molecule has 0 aromatic carbocycles. The number of aliphatic hydroxyl groups excluding tert-OH is 1. The summed E-state index contributed by atoms with van der Waals surface area (Å²) in [6, 6.07) is 0. The zero-order valence-electron chi connectivity index (χ0n) is 17.4. The Bertz CT molecular complexity index is 235. The molecule has 0 aromatic heterocycles. The summed E-state index contributed by atoms with van der Waals surface area (Å²) in [5, 5.41) is 10.2. The van der Waals surface area contributed by atoms with E-state index in [9.17, 15) is 5.11 Å². The molecule has 0 aliphatic rings. The molecule has 4 unspecified atom stereocenters. The fourth-order valence-corrected chi connectivity index (χ4v) is 3.97. The van der Waals surface area contributed by atoms with Crippen molar-refractivity contribution < 1.29 is 5.11 Å². The second kappa shape index (κ2) is 15.2. The minimum Gasteiger partial charge on any atom is -0.393 e. The molecule has 0 rings (SSSR count). The van der Waals surface area contributed by atoms with Crippen LogP contribution in [0.25, 0.3) is 0 Å². The van der Waals surface area contributed by atoms with Crippen molar-refractivity contribution in [1.82, 2.24) is 0 Å². The zero-order valence-corrected chi connectivity index (χ0v) is 17.4. The molecule has 24 heavy (non-hydrogen) atoms.